The van der Waals surface area contributed by atoms with E-state index in [1.54, 1.807) is 26.0 Å². The highest BCUT2D eigenvalue weighted by Gasteiger charge is 2.22. The van der Waals surface area contributed by atoms with Gasteiger partial charge in [-0.1, -0.05) is 13.8 Å². The van der Waals surface area contributed by atoms with E-state index in [0.717, 1.165) is 12.8 Å². The summed E-state index contributed by atoms with van der Waals surface area (Å²) in [5.74, 6) is 5.95. The molecule has 4 N–H and O–H groups in total. The first kappa shape index (κ1) is 17.9. The maximum Gasteiger partial charge on any atom is 0.241 e. The van der Waals surface area contributed by atoms with E-state index in [0.29, 0.717) is 27.6 Å². The molecule has 0 aliphatic carbocycles. The maximum absolute atomic E-state index is 12.6. The summed E-state index contributed by atoms with van der Waals surface area (Å²) in [5.41, 5.74) is 4.62. The predicted molar refractivity (Wildman–Crippen MR) is 87.6 cm³/mol. The highest BCUT2D eigenvalue weighted by molar-refractivity contribution is 7.89. The fourth-order valence-electron chi connectivity index (χ4n) is 2.42. The second kappa shape index (κ2) is 7.24. The molecule has 0 fully saturated rings. The second-order valence-electron chi connectivity index (χ2n) is 6.08. The summed E-state index contributed by atoms with van der Waals surface area (Å²) in [6.45, 7) is 9.73. The number of benzene rings is 1. The third kappa shape index (κ3) is 4.98. The molecule has 0 aliphatic rings. The Bertz CT molecular complexity index is 560. The van der Waals surface area contributed by atoms with Gasteiger partial charge in [-0.05, 0) is 62.8 Å². The summed E-state index contributed by atoms with van der Waals surface area (Å²) in [6, 6.07) is 3.39. The van der Waals surface area contributed by atoms with Crippen molar-refractivity contribution in [2.45, 2.75) is 58.4 Å². The lowest BCUT2D eigenvalue weighted by Gasteiger charge is -2.18. The molecule has 0 saturated carbocycles. The van der Waals surface area contributed by atoms with Crippen molar-refractivity contribution in [3.8, 4) is 0 Å². The molecule has 0 spiro atoms. The molecule has 5 nitrogen and oxygen atoms in total. The van der Waals surface area contributed by atoms with E-state index in [1.807, 2.05) is 6.92 Å². The normalized spacial score (nSPS) is 13.5. The summed E-state index contributed by atoms with van der Waals surface area (Å²) in [5, 5.41) is 0. The first-order chi connectivity index (χ1) is 9.67. The zero-order valence-corrected chi connectivity index (χ0v) is 14.3. The minimum atomic E-state index is -3.51. The van der Waals surface area contributed by atoms with Gasteiger partial charge < -0.3 is 5.43 Å². The fraction of sp³-hybridized carbons (Fsp3) is 0.600. The van der Waals surface area contributed by atoms with Crippen LogP contribution < -0.4 is 16.0 Å². The minimum Gasteiger partial charge on any atom is -0.324 e. The second-order valence-corrected chi connectivity index (χ2v) is 7.73. The van der Waals surface area contributed by atoms with Crippen molar-refractivity contribution in [1.29, 1.82) is 0 Å². The third-order valence-corrected chi connectivity index (χ3v) is 5.32. The van der Waals surface area contributed by atoms with Gasteiger partial charge in [0.2, 0.25) is 10.0 Å². The summed E-state index contributed by atoms with van der Waals surface area (Å²) < 4.78 is 27.9. The maximum atomic E-state index is 12.6. The van der Waals surface area contributed by atoms with Crippen LogP contribution >= 0.6 is 0 Å². The van der Waals surface area contributed by atoms with Crippen molar-refractivity contribution in [3.63, 3.8) is 0 Å². The predicted octanol–water partition coefficient (Wildman–Crippen LogP) is 2.69. The molecule has 0 amide bonds. The first-order valence-electron chi connectivity index (χ1n) is 7.27. The van der Waals surface area contributed by atoms with Gasteiger partial charge in [-0.15, -0.1) is 0 Å². The quantitative estimate of drug-likeness (QED) is 0.534. The zero-order valence-electron chi connectivity index (χ0n) is 13.5. The number of hydrazine groups is 1. The molecule has 1 aromatic carbocycles. The SMILES string of the molecule is Cc1cc(NN)cc(C)c1S(=O)(=O)NC(C)CCC(C)C. The number of anilines is 1. The van der Waals surface area contributed by atoms with Gasteiger partial charge in [0.1, 0.15) is 0 Å². The Kier molecular flexibility index (Phi) is 6.19. The molecule has 0 saturated heterocycles. The average molecular weight is 313 g/mol. The molecule has 1 aromatic rings. The Morgan fingerprint density at radius 2 is 1.62 bits per heavy atom. The van der Waals surface area contributed by atoms with Crippen LogP contribution in [0.3, 0.4) is 0 Å². The summed E-state index contributed by atoms with van der Waals surface area (Å²) in [7, 11) is -3.51. The van der Waals surface area contributed by atoms with Crippen LogP contribution in [0.15, 0.2) is 17.0 Å². The number of nitrogens with two attached hydrogens (primary N) is 1. The van der Waals surface area contributed by atoms with Crippen molar-refractivity contribution in [2.75, 3.05) is 5.43 Å². The van der Waals surface area contributed by atoms with Crippen LogP contribution in [-0.2, 0) is 10.0 Å². The number of aryl methyl sites for hydroxylation is 2. The number of rotatable bonds is 7. The summed E-state index contributed by atoms with van der Waals surface area (Å²) in [6.07, 6.45) is 1.83. The molecular formula is C15H27N3O2S. The minimum absolute atomic E-state index is 0.0801. The smallest absolute Gasteiger partial charge is 0.241 e. The third-order valence-electron chi connectivity index (χ3n) is 3.43. The van der Waals surface area contributed by atoms with Gasteiger partial charge >= 0.3 is 0 Å². The zero-order chi connectivity index (χ0) is 16.2. The van der Waals surface area contributed by atoms with Gasteiger partial charge in [0, 0.05) is 11.7 Å². The van der Waals surface area contributed by atoms with Crippen LogP contribution in [0.25, 0.3) is 0 Å². The van der Waals surface area contributed by atoms with E-state index in [-0.39, 0.29) is 6.04 Å². The van der Waals surface area contributed by atoms with E-state index in [9.17, 15) is 8.42 Å². The molecule has 1 atom stereocenters. The monoisotopic (exact) mass is 313 g/mol. The lowest BCUT2D eigenvalue weighted by Crippen LogP contribution is -2.33. The molecular weight excluding hydrogens is 286 g/mol. The number of hydrogen-bond acceptors (Lipinski definition) is 4. The number of sulfonamides is 1. The van der Waals surface area contributed by atoms with Crippen LogP contribution in [-0.4, -0.2) is 14.5 Å². The Balaban J connectivity index is 2.98. The molecule has 1 unspecified atom stereocenters. The summed E-state index contributed by atoms with van der Waals surface area (Å²) in [4.78, 5) is 0.345. The van der Waals surface area contributed by atoms with Gasteiger partial charge in [0.05, 0.1) is 4.90 Å². The molecule has 0 radical (unpaired) electrons. The molecule has 120 valence electrons. The van der Waals surface area contributed by atoms with E-state index >= 15 is 0 Å². The van der Waals surface area contributed by atoms with Crippen LogP contribution in [0.4, 0.5) is 5.69 Å². The van der Waals surface area contributed by atoms with Crippen molar-refractivity contribution < 1.29 is 8.42 Å². The molecule has 6 heteroatoms. The Hall–Kier alpha value is -1.11. The molecule has 1 rings (SSSR count). The number of nitrogens with one attached hydrogen (secondary N) is 2. The van der Waals surface area contributed by atoms with Crippen molar-refractivity contribution in [3.05, 3.63) is 23.3 Å². The lowest BCUT2D eigenvalue weighted by atomic mass is 10.1. The Morgan fingerprint density at radius 1 is 1.10 bits per heavy atom. The van der Waals surface area contributed by atoms with Crippen molar-refractivity contribution >= 4 is 15.7 Å². The van der Waals surface area contributed by atoms with Crippen LogP contribution in [0.5, 0.6) is 0 Å². The molecule has 0 aromatic heterocycles. The fourth-order valence-corrected chi connectivity index (χ4v) is 4.15. The Morgan fingerprint density at radius 3 is 2.05 bits per heavy atom. The van der Waals surface area contributed by atoms with E-state index in [1.165, 1.54) is 0 Å². The van der Waals surface area contributed by atoms with Gasteiger partial charge in [-0.25, -0.2) is 13.1 Å². The van der Waals surface area contributed by atoms with Crippen molar-refractivity contribution in [2.24, 2.45) is 11.8 Å². The van der Waals surface area contributed by atoms with Gasteiger partial charge in [-0.2, -0.15) is 0 Å². The van der Waals surface area contributed by atoms with Gasteiger partial charge in [0.15, 0.2) is 0 Å². The highest BCUT2D eigenvalue weighted by Crippen LogP contribution is 2.24. The van der Waals surface area contributed by atoms with E-state index < -0.39 is 10.0 Å². The first-order valence-corrected chi connectivity index (χ1v) is 8.76. The average Bonchev–Trinajstić information content (AvgIpc) is 2.34. The number of hydrogen-bond donors (Lipinski definition) is 3. The lowest BCUT2D eigenvalue weighted by molar-refractivity contribution is 0.485. The Labute approximate surface area is 128 Å². The van der Waals surface area contributed by atoms with E-state index in [4.69, 9.17) is 5.84 Å². The van der Waals surface area contributed by atoms with E-state index in [2.05, 4.69) is 24.0 Å². The van der Waals surface area contributed by atoms with Gasteiger partial charge in [0.25, 0.3) is 0 Å². The highest BCUT2D eigenvalue weighted by atomic mass is 32.2. The standard InChI is InChI=1S/C15H27N3O2S/c1-10(2)6-7-13(5)18-21(19,20)15-11(3)8-14(17-16)9-12(15)4/h8-10,13,17-18H,6-7,16H2,1-5H3. The van der Waals surface area contributed by atoms with Crippen LogP contribution in [0.2, 0.25) is 0 Å². The largest absolute Gasteiger partial charge is 0.324 e. The molecule has 21 heavy (non-hydrogen) atoms. The number of nitrogen functional groups attached to an aromatic ring is 1. The van der Waals surface area contributed by atoms with Crippen LogP contribution in [0, 0.1) is 19.8 Å². The topological polar surface area (TPSA) is 84.2 Å². The van der Waals surface area contributed by atoms with Crippen LogP contribution in [0.1, 0.15) is 44.7 Å². The summed E-state index contributed by atoms with van der Waals surface area (Å²) >= 11 is 0. The van der Waals surface area contributed by atoms with Gasteiger partial charge in [-0.3, -0.25) is 5.84 Å². The van der Waals surface area contributed by atoms with Crippen molar-refractivity contribution in [1.82, 2.24) is 4.72 Å². The molecule has 0 bridgehead atoms. The molecule has 0 aliphatic heterocycles. The molecule has 0 heterocycles.